The van der Waals surface area contributed by atoms with Crippen molar-refractivity contribution in [2.75, 3.05) is 6.61 Å². The highest BCUT2D eigenvalue weighted by molar-refractivity contribution is 6.34. The summed E-state index contributed by atoms with van der Waals surface area (Å²) in [4.78, 5) is 12.1. The largest absolute Gasteiger partial charge is 0.482 e. The van der Waals surface area contributed by atoms with Gasteiger partial charge in [0.15, 0.2) is 6.61 Å². The van der Waals surface area contributed by atoms with Crippen LogP contribution in [-0.4, -0.2) is 12.5 Å². The molecule has 0 aliphatic carbocycles. The number of hydrogen-bond acceptors (Lipinski definition) is 3. The Morgan fingerprint density at radius 3 is 2.79 bits per heavy atom. The van der Waals surface area contributed by atoms with E-state index in [4.69, 9.17) is 32.4 Å². The molecular formula is C18H15Cl2NO3. The number of nitrogens with one attached hydrogen (secondary N) is 1. The van der Waals surface area contributed by atoms with Crippen molar-refractivity contribution in [3.05, 3.63) is 64.3 Å². The maximum atomic E-state index is 12.1. The fraction of sp³-hybridized carbons (Fsp3) is 0.167. The van der Waals surface area contributed by atoms with Crippen molar-refractivity contribution in [3.8, 4) is 5.75 Å². The van der Waals surface area contributed by atoms with E-state index in [0.717, 1.165) is 11.0 Å². The highest BCUT2D eigenvalue weighted by Gasteiger charge is 2.15. The fourth-order valence-corrected chi connectivity index (χ4v) is 2.64. The maximum Gasteiger partial charge on any atom is 0.258 e. The molecule has 4 nitrogen and oxygen atoms in total. The second-order valence-electron chi connectivity index (χ2n) is 5.34. The minimum absolute atomic E-state index is 0.162. The third-order valence-electron chi connectivity index (χ3n) is 3.50. The SMILES string of the molecule is CC(NC(=O)COc1cc(Cl)ccc1Cl)c1cc2ccccc2o1. The number of carbonyl (C=O) groups is 1. The van der Waals surface area contributed by atoms with Gasteiger partial charge in [0, 0.05) is 16.5 Å². The molecule has 3 rings (SSSR count). The average Bonchev–Trinajstić information content (AvgIpc) is 3.00. The van der Waals surface area contributed by atoms with Crippen LogP contribution in [0.2, 0.25) is 10.0 Å². The Balaban J connectivity index is 1.60. The van der Waals surface area contributed by atoms with Crippen molar-refractivity contribution in [3.63, 3.8) is 0 Å². The lowest BCUT2D eigenvalue weighted by molar-refractivity contribution is -0.123. The molecule has 1 amide bonds. The zero-order chi connectivity index (χ0) is 17.1. The number of furan rings is 1. The lowest BCUT2D eigenvalue weighted by atomic mass is 10.2. The fourth-order valence-electron chi connectivity index (χ4n) is 2.30. The lowest BCUT2D eigenvalue weighted by Crippen LogP contribution is -2.31. The predicted molar refractivity (Wildman–Crippen MR) is 94.7 cm³/mol. The van der Waals surface area contributed by atoms with Crippen molar-refractivity contribution < 1.29 is 13.9 Å². The lowest BCUT2D eigenvalue weighted by Gasteiger charge is -2.12. The molecule has 1 N–H and O–H groups in total. The number of para-hydroxylation sites is 1. The third-order valence-corrected chi connectivity index (χ3v) is 4.05. The number of amides is 1. The number of benzene rings is 2. The molecule has 1 unspecified atom stereocenters. The van der Waals surface area contributed by atoms with Gasteiger partial charge in [0.05, 0.1) is 11.1 Å². The standard InChI is InChI=1S/C18H15Cl2NO3/c1-11(16-8-12-4-2-3-5-15(12)24-16)21-18(22)10-23-17-9-13(19)6-7-14(17)20/h2-9,11H,10H2,1H3,(H,21,22). The van der Waals surface area contributed by atoms with Crippen molar-refractivity contribution in [1.29, 1.82) is 0 Å². The van der Waals surface area contributed by atoms with Gasteiger partial charge in [-0.3, -0.25) is 4.79 Å². The number of fused-ring (bicyclic) bond motifs is 1. The van der Waals surface area contributed by atoms with E-state index in [1.807, 2.05) is 37.3 Å². The highest BCUT2D eigenvalue weighted by Crippen LogP contribution is 2.27. The van der Waals surface area contributed by atoms with Crippen LogP contribution in [0, 0.1) is 0 Å². The number of hydrogen-bond donors (Lipinski definition) is 1. The average molecular weight is 364 g/mol. The summed E-state index contributed by atoms with van der Waals surface area (Å²) in [5.74, 6) is 0.778. The molecule has 0 spiro atoms. The molecule has 1 heterocycles. The molecule has 124 valence electrons. The molecule has 1 atom stereocenters. The summed E-state index contributed by atoms with van der Waals surface area (Å²) in [6.45, 7) is 1.69. The first kappa shape index (κ1) is 16.7. The number of rotatable bonds is 5. The molecular weight excluding hydrogens is 349 g/mol. The Hall–Kier alpha value is -2.17. The van der Waals surface area contributed by atoms with E-state index in [2.05, 4.69) is 5.32 Å². The van der Waals surface area contributed by atoms with Crippen molar-refractivity contribution in [2.24, 2.45) is 0 Å². The zero-order valence-electron chi connectivity index (χ0n) is 12.9. The Labute approximate surface area is 149 Å². The topological polar surface area (TPSA) is 51.5 Å². The van der Waals surface area contributed by atoms with Crippen LogP contribution in [-0.2, 0) is 4.79 Å². The molecule has 0 aliphatic rings. The van der Waals surface area contributed by atoms with E-state index in [1.54, 1.807) is 18.2 Å². The van der Waals surface area contributed by atoms with Crippen LogP contribution in [0.15, 0.2) is 52.9 Å². The molecule has 6 heteroatoms. The molecule has 3 aromatic rings. The van der Waals surface area contributed by atoms with Crippen molar-refractivity contribution in [1.82, 2.24) is 5.32 Å². The van der Waals surface area contributed by atoms with E-state index in [1.165, 1.54) is 0 Å². The summed E-state index contributed by atoms with van der Waals surface area (Å²) in [5.41, 5.74) is 0.788. The molecule has 24 heavy (non-hydrogen) atoms. The van der Waals surface area contributed by atoms with Crippen LogP contribution in [0.4, 0.5) is 0 Å². The van der Waals surface area contributed by atoms with Gasteiger partial charge in [-0.05, 0) is 31.2 Å². The second-order valence-corrected chi connectivity index (χ2v) is 6.18. The summed E-state index contributed by atoms with van der Waals surface area (Å²) >= 11 is 11.9. The first-order chi connectivity index (χ1) is 11.5. The second kappa shape index (κ2) is 7.16. The molecule has 0 bridgehead atoms. The monoisotopic (exact) mass is 363 g/mol. The molecule has 1 aromatic heterocycles. The van der Waals surface area contributed by atoms with Crippen molar-refractivity contribution >= 4 is 40.1 Å². The maximum absolute atomic E-state index is 12.1. The van der Waals surface area contributed by atoms with E-state index in [9.17, 15) is 4.79 Å². The van der Waals surface area contributed by atoms with Crippen LogP contribution in [0.25, 0.3) is 11.0 Å². The van der Waals surface area contributed by atoms with E-state index < -0.39 is 0 Å². The molecule has 0 radical (unpaired) electrons. The first-order valence-corrected chi connectivity index (χ1v) is 8.14. The molecule has 0 fully saturated rings. The molecule has 0 saturated carbocycles. The summed E-state index contributed by atoms with van der Waals surface area (Å²) < 4.78 is 11.2. The normalized spacial score (nSPS) is 12.1. The van der Waals surface area contributed by atoms with Gasteiger partial charge >= 0.3 is 0 Å². The van der Waals surface area contributed by atoms with Crippen LogP contribution in [0.1, 0.15) is 18.7 Å². The van der Waals surface area contributed by atoms with Gasteiger partial charge in [-0.25, -0.2) is 0 Å². The van der Waals surface area contributed by atoms with Gasteiger partial charge in [0.25, 0.3) is 5.91 Å². The zero-order valence-corrected chi connectivity index (χ0v) is 14.4. The Kier molecular flexibility index (Phi) is 4.97. The van der Waals surface area contributed by atoms with Crippen LogP contribution < -0.4 is 10.1 Å². The quantitative estimate of drug-likeness (QED) is 0.694. The van der Waals surface area contributed by atoms with E-state index >= 15 is 0 Å². The predicted octanol–water partition coefficient (Wildman–Crippen LogP) is 5.00. The van der Waals surface area contributed by atoms with Gasteiger partial charge in [-0.1, -0.05) is 41.4 Å². The van der Waals surface area contributed by atoms with E-state index in [-0.39, 0.29) is 18.6 Å². The highest BCUT2D eigenvalue weighted by atomic mass is 35.5. The number of carbonyl (C=O) groups excluding carboxylic acids is 1. The Morgan fingerprint density at radius 1 is 1.21 bits per heavy atom. The smallest absolute Gasteiger partial charge is 0.258 e. The minimum Gasteiger partial charge on any atom is -0.482 e. The molecule has 0 aliphatic heterocycles. The summed E-state index contributed by atoms with van der Waals surface area (Å²) in [6.07, 6.45) is 0. The summed E-state index contributed by atoms with van der Waals surface area (Å²) in [6, 6.07) is 14.2. The van der Waals surface area contributed by atoms with Gasteiger partial charge in [-0.15, -0.1) is 0 Å². The number of ether oxygens (including phenoxy) is 1. The van der Waals surface area contributed by atoms with Crippen molar-refractivity contribution in [2.45, 2.75) is 13.0 Å². The van der Waals surface area contributed by atoms with E-state index in [0.29, 0.717) is 21.6 Å². The number of halogens is 2. The molecule has 2 aromatic carbocycles. The van der Waals surface area contributed by atoms with Gasteiger partial charge < -0.3 is 14.5 Å². The third kappa shape index (κ3) is 3.83. The first-order valence-electron chi connectivity index (χ1n) is 7.38. The summed E-state index contributed by atoms with van der Waals surface area (Å²) in [5, 5.41) is 4.72. The minimum atomic E-state index is -0.279. The van der Waals surface area contributed by atoms with Crippen LogP contribution in [0.3, 0.4) is 0 Å². The Bertz CT molecular complexity index is 843. The van der Waals surface area contributed by atoms with Crippen LogP contribution in [0.5, 0.6) is 5.75 Å². The Morgan fingerprint density at radius 2 is 2.00 bits per heavy atom. The van der Waals surface area contributed by atoms with Gasteiger partial charge in [-0.2, -0.15) is 0 Å². The molecule has 0 saturated heterocycles. The van der Waals surface area contributed by atoms with Crippen LogP contribution >= 0.6 is 23.2 Å². The van der Waals surface area contributed by atoms with Gasteiger partial charge in [0.2, 0.25) is 0 Å². The summed E-state index contributed by atoms with van der Waals surface area (Å²) in [7, 11) is 0. The van der Waals surface area contributed by atoms with Gasteiger partial charge in [0.1, 0.15) is 17.1 Å².